The van der Waals surface area contributed by atoms with E-state index in [1.165, 1.54) is 5.56 Å². The van der Waals surface area contributed by atoms with Gasteiger partial charge in [0.15, 0.2) is 18.1 Å². The number of carbonyl (C=O) groups excluding carboxylic acids is 1. The van der Waals surface area contributed by atoms with E-state index < -0.39 is 0 Å². The summed E-state index contributed by atoms with van der Waals surface area (Å²) in [5.74, 6) is 1.41. The number of amides is 1. The van der Waals surface area contributed by atoms with Gasteiger partial charge >= 0.3 is 0 Å². The maximum atomic E-state index is 12.2. The molecule has 0 aliphatic carbocycles. The molecule has 4 rings (SSSR count). The number of carbonyl (C=O) groups is 1. The lowest BCUT2D eigenvalue weighted by Crippen LogP contribution is -2.24. The second-order valence-electron chi connectivity index (χ2n) is 7.72. The smallest absolute Gasteiger partial charge is 0.277 e. The Balaban J connectivity index is 1.35. The van der Waals surface area contributed by atoms with Crippen LogP contribution < -0.4 is 19.6 Å². The molecule has 1 aromatic heterocycles. The van der Waals surface area contributed by atoms with Crippen LogP contribution in [0, 0.1) is 10.5 Å². The Bertz CT molecular complexity index is 1370. The number of hydrazone groups is 1. The molecule has 0 aliphatic heterocycles. The number of halogens is 1. The first-order valence-corrected chi connectivity index (χ1v) is 12.0. The van der Waals surface area contributed by atoms with Crippen molar-refractivity contribution in [1.82, 2.24) is 10.4 Å². The van der Waals surface area contributed by atoms with E-state index in [9.17, 15) is 4.79 Å². The minimum Gasteiger partial charge on any atom is -0.493 e. The first kappa shape index (κ1) is 24.5. The maximum Gasteiger partial charge on any atom is 0.277 e. The lowest BCUT2D eigenvalue weighted by molar-refractivity contribution is -0.123. The lowest BCUT2D eigenvalue weighted by atomic mass is 10.1. The normalized spacial score (nSPS) is 10.9. The van der Waals surface area contributed by atoms with Crippen LogP contribution >= 0.6 is 22.6 Å². The predicted octanol–water partition coefficient (Wildman–Crippen LogP) is 5.26. The number of methoxy groups -OCH3 is 1. The molecule has 1 amide bonds. The molecule has 7 nitrogen and oxygen atoms in total. The van der Waals surface area contributed by atoms with Crippen molar-refractivity contribution in [1.29, 1.82) is 0 Å². The van der Waals surface area contributed by atoms with E-state index in [0.717, 1.165) is 20.1 Å². The van der Waals surface area contributed by atoms with Gasteiger partial charge in [0.05, 0.1) is 16.9 Å². The molecule has 0 unspecified atom stereocenters. The number of para-hydroxylation sites is 1. The van der Waals surface area contributed by atoms with Gasteiger partial charge in [0, 0.05) is 11.6 Å². The van der Waals surface area contributed by atoms with E-state index in [0.29, 0.717) is 29.4 Å². The van der Waals surface area contributed by atoms with Gasteiger partial charge in [-0.05, 0) is 64.9 Å². The van der Waals surface area contributed by atoms with Crippen LogP contribution in [0.5, 0.6) is 17.2 Å². The fourth-order valence-corrected chi connectivity index (χ4v) is 4.24. The zero-order valence-corrected chi connectivity index (χ0v) is 21.5. The minimum absolute atomic E-state index is 0.181. The Kier molecular flexibility index (Phi) is 8.15. The van der Waals surface area contributed by atoms with Crippen LogP contribution in [-0.2, 0) is 11.4 Å². The molecule has 1 N–H and O–H groups in total. The number of pyridine rings is 1. The topological polar surface area (TPSA) is 82.0 Å². The molecule has 3 aromatic carbocycles. The second-order valence-corrected chi connectivity index (χ2v) is 8.89. The Morgan fingerprint density at radius 2 is 1.89 bits per heavy atom. The Morgan fingerprint density at radius 3 is 2.71 bits per heavy atom. The molecule has 0 saturated heterocycles. The van der Waals surface area contributed by atoms with Crippen molar-refractivity contribution in [2.24, 2.45) is 5.10 Å². The monoisotopic (exact) mass is 581 g/mol. The van der Waals surface area contributed by atoms with Gasteiger partial charge in [-0.1, -0.05) is 48.0 Å². The van der Waals surface area contributed by atoms with Crippen molar-refractivity contribution in [3.63, 3.8) is 0 Å². The molecule has 1 heterocycles. The van der Waals surface area contributed by atoms with Crippen LogP contribution in [0.4, 0.5) is 0 Å². The zero-order valence-electron chi connectivity index (χ0n) is 19.3. The number of benzene rings is 3. The predicted molar refractivity (Wildman–Crippen MR) is 144 cm³/mol. The van der Waals surface area contributed by atoms with E-state index in [2.05, 4.69) is 44.2 Å². The summed E-state index contributed by atoms with van der Waals surface area (Å²) in [7, 11) is 1.59. The average molecular weight is 581 g/mol. The minimum atomic E-state index is -0.381. The summed E-state index contributed by atoms with van der Waals surface area (Å²) in [5, 5.41) is 4.99. The number of aromatic nitrogens is 1. The van der Waals surface area contributed by atoms with Gasteiger partial charge in [0.1, 0.15) is 17.9 Å². The van der Waals surface area contributed by atoms with E-state index in [1.807, 2.05) is 61.5 Å². The van der Waals surface area contributed by atoms with Gasteiger partial charge in [0.2, 0.25) is 0 Å². The molecule has 8 heteroatoms. The van der Waals surface area contributed by atoms with Crippen LogP contribution in [0.3, 0.4) is 0 Å². The molecule has 0 aliphatic rings. The van der Waals surface area contributed by atoms with Gasteiger partial charge < -0.3 is 14.2 Å². The van der Waals surface area contributed by atoms with Crippen LogP contribution in [0.15, 0.2) is 78.0 Å². The average Bonchev–Trinajstić information content (AvgIpc) is 2.86. The first-order valence-electron chi connectivity index (χ1n) is 10.9. The number of ether oxygens (including phenoxy) is 3. The highest BCUT2D eigenvalue weighted by molar-refractivity contribution is 14.1. The fraction of sp³-hybridized carbons (Fsp3) is 0.148. The molecular weight excluding hydrogens is 557 g/mol. The number of nitrogens with zero attached hydrogens (tertiary/aromatic N) is 2. The van der Waals surface area contributed by atoms with Crippen LogP contribution in [0.2, 0.25) is 0 Å². The van der Waals surface area contributed by atoms with Crippen LogP contribution in [0.1, 0.15) is 16.7 Å². The highest BCUT2D eigenvalue weighted by atomic mass is 127. The summed E-state index contributed by atoms with van der Waals surface area (Å²) in [4.78, 5) is 16.5. The van der Waals surface area contributed by atoms with Crippen molar-refractivity contribution in [3.05, 3.63) is 93.2 Å². The molecule has 4 aromatic rings. The van der Waals surface area contributed by atoms with Gasteiger partial charge in [0.25, 0.3) is 5.91 Å². The van der Waals surface area contributed by atoms with E-state index in [1.54, 1.807) is 25.6 Å². The zero-order chi connectivity index (χ0) is 24.6. The number of hydrogen-bond acceptors (Lipinski definition) is 6. The number of fused-ring (bicyclic) bond motifs is 1. The standard InChI is InChI=1S/C27H24IN3O4/c1-18-6-3-7-19(12-18)16-35-27-22(28)13-20(14-24(27)33-2)15-30-31-25(32)17-34-23-10-4-8-21-9-5-11-29-26(21)23/h3-15H,16-17H2,1-2H3,(H,31,32)/b30-15+. The Hall–Kier alpha value is -3.66. The maximum absolute atomic E-state index is 12.2. The molecule has 178 valence electrons. The molecule has 0 fully saturated rings. The van der Waals surface area contributed by atoms with Gasteiger partial charge in [-0.2, -0.15) is 5.10 Å². The summed E-state index contributed by atoms with van der Waals surface area (Å²) in [6.45, 7) is 2.30. The SMILES string of the molecule is COc1cc(/C=N/NC(=O)COc2cccc3cccnc23)cc(I)c1OCc1cccc(C)c1. The highest BCUT2D eigenvalue weighted by Crippen LogP contribution is 2.34. The third-order valence-electron chi connectivity index (χ3n) is 5.07. The molecule has 0 saturated carbocycles. The second kappa shape index (κ2) is 11.7. The molecule has 0 radical (unpaired) electrons. The Labute approximate surface area is 217 Å². The Morgan fingerprint density at radius 1 is 1.06 bits per heavy atom. The van der Waals surface area contributed by atoms with Crippen molar-refractivity contribution in [2.75, 3.05) is 13.7 Å². The van der Waals surface area contributed by atoms with Gasteiger partial charge in [-0.3, -0.25) is 9.78 Å². The van der Waals surface area contributed by atoms with Crippen LogP contribution in [0.25, 0.3) is 10.9 Å². The molecule has 0 bridgehead atoms. The van der Waals surface area contributed by atoms with E-state index in [4.69, 9.17) is 14.2 Å². The van der Waals surface area contributed by atoms with Gasteiger partial charge in [-0.25, -0.2) is 5.43 Å². The number of nitrogens with one attached hydrogen (secondary N) is 1. The third kappa shape index (κ3) is 6.48. The van der Waals surface area contributed by atoms with Gasteiger partial charge in [-0.15, -0.1) is 0 Å². The summed E-state index contributed by atoms with van der Waals surface area (Å²) in [6, 6.07) is 21.3. The summed E-state index contributed by atoms with van der Waals surface area (Å²) < 4.78 is 18.1. The van der Waals surface area contributed by atoms with Crippen molar-refractivity contribution in [3.8, 4) is 17.2 Å². The lowest BCUT2D eigenvalue weighted by Gasteiger charge is -2.14. The largest absolute Gasteiger partial charge is 0.493 e. The fourth-order valence-electron chi connectivity index (χ4n) is 3.46. The number of hydrogen-bond donors (Lipinski definition) is 1. The molecular formula is C27H24IN3O4. The number of rotatable bonds is 9. The molecule has 0 spiro atoms. The van der Waals surface area contributed by atoms with E-state index in [-0.39, 0.29) is 12.5 Å². The summed E-state index contributed by atoms with van der Waals surface area (Å²) in [5.41, 5.74) is 6.21. The van der Waals surface area contributed by atoms with Crippen molar-refractivity contribution >= 4 is 45.6 Å². The van der Waals surface area contributed by atoms with Crippen molar-refractivity contribution < 1.29 is 19.0 Å². The number of aryl methyl sites for hydroxylation is 1. The van der Waals surface area contributed by atoms with Crippen molar-refractivity contribution in [2.45, 2.75) is 13.5 Å². The third-order valence-corrected chi connectivity index (χ3v) is 5.88. The summed E-state index contributed by atoms with van der Waals surface area (Å²) >= 11 is 2.20. The van der Waals surface area contributed by atoms with Crippen LogP contribution in [-0.4, -0.2) is 30.8 Å². The molecule has 0 atom stereocenters. The summed E-state index contributed by atoms with van der Waals surface area (Å²) in [6.07, 6.45) is 3.24. The highest BCUT2D eigenvalue weighted by Gasteiger charge is 2.12. The molecule has 35 heavy (non-hydrogen) atoms. The first-order chi connectivity index (χ1) is 17.0. The van der Waals surface area contributed by atoms with E-state index >= 15 is 0 Å². The quantitative estimate of drug-likeness (QED) is 0.166.